The predicted octanol–water partition coefficient (Wildman–Crippen LogP) is 3.74. The van der Waals surface area contributed by atoms with Crippen molar-refractivity contribution in [1.82, 2.24) is 15.4 Å². The highest BCUT2D eigenvalue weighted by Crippen LogP contribution is 2.28. The first-order valence-electron chi connectivity index (χ1n) is 7.97. The molecule has 4 rings (SSSR count). The monoisotopic (exact) mass is 398 g/mol. The number of carbonyl (C=O) groups is 1. The summed E-state index contributed by atoms with van der Waals surface area (Å²) in [7, 11) is 0. The van der Waals surface area contributed by atoms with Gasteiger partial charge in [0.25, 0.3) is 5.91 Å². The van der Waals surface area contributed by atoms with E-state index in [-0.39, 0.29) is 5.76 Å². The molecule has 7 nitrogen and oxygen atoms in total. The van der Waals surface area contributed by atoms with Crippen LogP contribution in [0.25, 0.3) is 10.9 Å². The van der Waals surface area contributed by atoms with Crippen LogP contribution in [0.4, 0.5) is 5.13 Å². The van der Waals surface area contributed by atoms with Gasteiger partial charge in [0, 0.05) is 0 Å². The van der Waals surface area contributed by atoms with E-state index in [4.69, 9.17) is 4.52 Å². The highest BCUT2D eigenvalue weighted by Gasteiger charge is 2.20. The fraction of sp³-hybridized carbons (Fsp3) is 0.111. The topological polar surface area (TPSA) is 101 Å². The number of thioether (sulfide) groups is 1. The molecule has 0 saturated heterocycles. The number of fused-ring (bicyclic) bond motifs is 1. The standard InChI is InChI=1S/C18H14N4O3S2/c1-26-18-21-20-17(27-18)19-16(24)15-12-9-11(7-8-13(12)22-25-15)14(23)10-5-3-2-4-6-10/h2-9,14,23H,1H3,(H,19,20,24). The number of carbonyl (C=O) groups excluding carboxylic acids is 1. The molecule has 27 heavy (non-hydrogen) atoms. The summed E-state index contributed by atoms with van der Waals surface area (Å²) in [4.78, 5) is 12.6. The van der Waals surface area contributed by atoms with Crippen molar-refractivity contribution in [3.63, 3.8) is 0 Å². The summed E-state index contributed by atoms with van der Waals surface area (Å²) in [5, 5.41) is 26.0. The molecule has 0 aliphatic rings. The van der Waals surface area contributed by atoms with Crippen LogP contribution in [-0.4, -0.2) is 32.6 Å². The maximum Gasteiger partial charge on any atom is 0.296 e. The van der Waals surface area contributed by atoms with Gasteiger partial charge in [-0.25, -0.2) is 0 Å². The Bertz CT molecular complexity index is 1090. The van der Waals surface area contributed by atoms with E-state index in [0.29, 0.717) is 21.6 Å². The summed E-state index contributed by atoms with van der Waals surface area (Å²) in [5.41, 5.74) is 1.94. The summed E-state index contributed by atoms with van der Waals surface area (Å²) in [6.07, 6.45) is 1.07. The van der Waals surface area contributed by atoms with Gasteiger partial charge >= 0.3 is 0 Å². The maximum absolute atomic E-state index is 12.6. The van der Waals surface area contributed by atoms with E-state index < -0.39 is 12.0 Å². The Morgan fingerprint density at radius 1 is 1.19 bits per heavy atom. The van der Waals surface area contributed by atoms with Crippen LogP contribution in [0, 0.1) is 0 Å². The van der Waals surface area contributed by atoms with Crippen LogP contribution in [0.15, 0.2) is 57.4 Å². The molecule has 2 aromatic carbocycles. The molecule has 1 unspecified atom stereocenters. The lowest BCUT2D eigenvalue weighted by Gasteiger charge is -2.11. The van der Waals surface area contributed by atoms with E-state index in [1.165, 1.54) is 23.1 Å². The highest BCUT2D eigenvalue weighted by atomic mass is 32.2. The molecular formula is C18H14N4O3S2. The Morgan fingerprint density at radius 2 is 2.00 bits per heavy atom. The number of nitrogens with zero attached hydrogens (tertiary/aromatic N) is 3. The Labute approximate surface area is 162 Å². The molecule has 2 heterocycles. The number of aromatic nitrogens is 3. The minimum absolute atomic E-state index is 0.0630. The number of nitrogens with one attached hydrogen (secondary N) is 1. The first-order chi connectivity index (χ1) is 13.2. The molecule has 2 N–H and O–H groups in total. The van der Waals surface area contributed by atoms with Gasteiger partial charge in [-0.05, 0) is 29.5 Å². The maximum atomic E-state index is 12.6. The van der Waals surface area contributed by atoms with Gasteiger partial charge in [0.05, 0.1) is 5.39 Å². The lowest BCUT2D eigenvalue weighted by Crippen LogP contribution is -2.11. The Kier molecular flexibility index (Phi) is 4.88. The van der Waals surface area contributed by atoms with E-state index >= 15 is 0 Å². The molecule has 0 bridgehead atoms. The molecule has 136 valence electrons. The quantitative estimate of drug-likeness (QED) is 0.390. The summed E-state index contributed by atoms with van der Waals surface area (Å²) in [6.45, 7) is 0. The number of anilines is 1. The van der Waals surface area contributed by atoms with E-state index in [0.717, 1.165) is 9.90 Å². The second kappa shape index (κ2) is 7.47. The van der Waals surface area contributed by atoms with E-state index in [1.54, 1.807) is 18.2 Å². The predicted molar refractivity (Wildman–Crippen MR) is 104 cm³/mol. The fourth-order valence-corrected chi connectivity index (χ4v) is 3.78. The highest BCUT2D eigenvalue weighted by molar-refractivity contribution is 8.00. The van der Waals surface area contributed by atoms with Gasteiger partial charge in [-0.3, -0.25) is 10.1 Å². The Morgan fingerprint density at radius 3 is 2.74 bits per heavy atom. The lowest BCUT2D eigenvalue weighted by molar-refractivity contribution is 0.0990. The Hall–Kier alpha value is -2.75. The normalized spacial score (nSPS) is 12.2. The molecule has 0 radical (unpaired) electrons. The number of hydrogen-bond acceptors (Lipinski definition) is 8. The van der Waals surface area contributed by atoms with Crippen molar-refractivity contribution in [2.45, 2.75) is 10.4 Å². The molecule has 0 aliphatic heterocycles. The van der Waals surface area contributed by atoms with Gasteiger partial charge in [0.1, 0.15) is 11.6 Å². The third-order valence-corrected chi connectivity index (χ3v) is 5.75. The van der Waals surface area contributed by atoms with Gasteiger partial charge < -0.3 is 9.63 Å². The van der Waals surface area contributed by atoms with Crippen LogP contribution in [-0.2, 0) is 0 Å². The zero-order valence-electron chi connectivity index (χ0n) is 14.1. The van der Waals surface area contributed by atoms with E-state index in [9.17, 15) is 9.90 Å². The minimum atomic E-state index is -0.811. The number of hydrogen-bond donors (Lipinski definition) is 2. The van der Waals surface area contributed by atoms with Crippen LogP contribution in [0.1, 0.15) is 27.8 Å². The number of rotatable bonds is 5. The van der Waals surface area contributed by atoms with Gasteiger partial charge in [-0.15, -0.1) is 10.2 Å². The summed E-state index contributed by atoms with van der Waals surface area (Å²) in [5.74, 6) is -0.402. The first kappa shape index (κ1) is 17.7. The fourth-order valence-electron chi connectivity index (χ4n) is 2.62. The van der Waals surface area contributed by atoms with Crippen molar-refractivity contribution in [1.29, 1.82) is 0 Å². The molecule has 1 atom stereocenters. The zero-order chi connectivity index (χ0) is 18.8. The molecule has 1 amide bonds. The SMILES string of the molecule is CSc1nnc(NC(=O)c2onc3ccc(C(O)c4ccccc4)cc23)s1. The smallest absolute Gasteiger partial charge is 0.296 e. The van der Waals surface area contributed by atoms with E-state index in [1.807, 2.05) is 36.6 Å². The molecular weight excluding hydrogens is 384 g/mol. The summed E-state index contributed by atoms with van der Waals surface area (Å²) >= 11 is 2.73. The summed E-state index contributed by atoms with van der Waals surface area (Å²) in [6, 6.07) is 14.5. The second-order valence-electron chi connectivity index (χ2n) is 5.63. The van der Waals surface area contributed by atoms with Crippen molar-refractivity contribution < 1.29 is 14.4 Å². The van der Waals surface area contributed by atoms with Crippen molar-refractivity contribution in [3.05, 3.63) is 65.4 Å². The second-order valence-corrected chi connectivity index (χ2v) is 7.66. The average Bonchev–Trinajstić information content (AvgIpc) is 3.34. The Balaban J connectivity index is 1.64. The summed E-state index contributed by atoms with van der Waals surface area (Å²) < 4.78 is 5.98. The third-order valence-electron chi connectivity index (χ3n) is 3.94. The molecule has 0 spiro atoms. The molecule has 0 fully saturated rings. The third kappa shape index (κ3) is 3.57. The molecule has 2 aromatic heterocycles. The van der Waals surface area contributed by atoms with Crippen LogP contribution >= 0.6 is 23.1 Å². The minimum Gasteiger partial charge on any atom is -0.384 e. The molecule has 0 aliphatic carbocycles. The van der Waals surface area contributed by atoms with E-state index in [2.05, 4.69) is 20.7 Å². The van der Waals surface area contributed by atoms with Gasteiger partial charge in [0.15, 0.2) is 4.34 Å². The number of aliphatic hydroxyl groups excluding tert-OH is 1. The number of aliphatic hydroxyl groups is 1. The molecule has 9 heteroatoms. The zero-order valence-corrected chi connectivity index (χ0v) is 15.8. The van der Waals surface area contributed by atoms with Crippen LogP contribution < -0.4 is 5.32 Å². The largest absolute Gasteiger partial charge is 0.384 e. The molecule has 4 aromatic rings. The van der Waals surface area contributed by atoms with Crippen molar-refractivity contribution in [2.75, 3.05) is 11.6 Å². The van der Waals surface area contributed by atoms with Crippen molar-refractivity contribution in [2.24, 2.45) is 0 Å². The van der Waals surface area contributed by atoms with Crippen molar-refractivity contribution in [3.8, 4) is 0 Å². The van der Waals surface area contributed by atoms with Gasteiger partial charge in [-0.1, -0.05) is 64.7 Å². The number of amides is 1. The van der Waals surface area contributed by atoms with Crippen LogP contribution in [0.2, 0.25) is 0 Å². The van der Waals surface area contributed by atoms with Crippen LogP contribution in [0.3, 0.4) is 0 Å². The molecule has 0 saturated carbocycles. The average molecular weight is 398 g/mol. The number of benzene rings is 2. The van der Waals surface area contributed by atoms with Crippen LogP contribution in [0.5, 0.6) is 0 Å². The van der Waals surface area contributed by atoms with Crippen molar-refractivity contribution >= 4 is 45.0 Å². The lowest BCUT2D eigenvalue weighted by atomic mass is 10.00. The first-order valence-corrected chi connectivity index (χ1v) is 10.0. The van der Waals surface area contributed by atoms with Gasteiger partial charge in [0.2, 0.25) is 10.9 Å². The van der Waals surface area contributed by atoms with Gasteiger partial charge in [-0.2, -0.15) is 0 Å².